The number of hydrogen-bond acceptors (Lipinski definition) is 5. The van der Waals surface area contributed by atoms with E-state index in [1.165, 1.54) is 0 Å². The van der Waals surface area contributed by atoms with Crippen LogP contribution in [-0.2, 0) is 13.1 Å². The van der Waals surface area contributed by atoms with Crippen molar-refractivity contribution in [1.82, 2.24) is 20.4 Å². The Hall–Kier alpha value is -1.14. The van der Waals surface area contributed by atoms with Crippen LogP contribution in [0.1, 0.15) is 11.1 Å². The molecule has 0 aliphatic rings. The number of hydrogen-bond donors (Lipinski definition) is 3. The number of benzene rings is 1. The molecule has 0 unspecified atom stereocenters. The third-order valence-corrected chi connectivity index (χ3v) is 3.31. The summed E-state index contributed by atoms with van der Waals surface area (Å²) < 4.78 is 0. The first-order chi connectivity index (χ1) is 10.0. The van der Waals surface area contributed by atoms with Gasteiger partial charge in [-0.1, -0.05) is 18.2 Å². The molecule has 21 heavy (non-hydrogen) atoms. The average molecular weight is 294 g/mol. The summed E-state index contributed by atoms with van der Waals surface area (Å²) in [5.74, 6) is 0.409. The minimum absolute atomic E-state index is 0.409. The van der Waals surface area contributed by atoms with Crippen LogP contribution in [0.15, 0.2) is 18.2 Å². The first-order valence-corrected chi connectivity index (χ1v) is 7.51. The molecule has 1 aromatic carbocycles. The molecule has 0 amide bonds. The minimum atomic E-state index is 0.409. The van der Waals surface area contributed by atoms with Gasteiger partial charge in [-0.25, -0.2) is 0 Å². The highest BCUT2D eigenvalue weighted by Crippen LogP contribution is 2.22. The van der Waals surface area contributed by atoms with E-state index in [2.05, 4.69) is 48.6 Å². The van der Waals surface area contributed by atoms with Gasteiger partial charge >= 0.3 is 0 Å². The van der Waals surface area contributed by atoms with E-state index in [4.69, 9.17) is 0 Å². The summed E-state index contributed by atoms with van der Waals surface area (Å²) in [6, 6.07) is 5.95. The molecule has 1 aromatic rings. The first-order valence-electron chi connectivity index (χ1n) is 7.51. The molecule has 0 aliphatic carbocycles. The van der Waals surface area contributed by atoms with Gasteiger partial charge in [-0.3, -0.25) is 0 Å². The van der Waals surface area contributed by atoms with Crippen molar-refractivity contribution >= 4 is 0 Å². The lowest BCUT2D eigenvalue weighted by Gasteiger charge is -2.14. The first kappa shape index (κ1) is 17.9. The molecular formula is C16H30N4O. The molecule has 0 spiro atoms. The molecule has 0 fully saturated rings. The Bertz CT molecular complexity index is 373. The second-order valence-corrected chi connectivity index (χ2v) is 5.88. The summed E-state index contributed by atoms with van der Waals surface area (Å²) in [6.45, 7) is 5.21. The van der Waals surface area contributed by atoms with Gasteiger partial charge in [-0.15, -0.1) is 0 Å². The zero-order valence-corrected chi connectivity index (χ0v) is 13.8. The van der Waals surface area contributed by atoms with Crippen molar-refractivity contribution in [2.24, 2.45) is 0 Å². The van der Waals surface area contributed by atoms with Crippen molar-refractivity contribution < 1.29 is 5.11 Å². The Balaban J connectivity index is 2.42. The third kappa shape index (κ3) is 7.43. The van der Waals surface area contributed by atoms with E-state index in [-0.39, 0.29) is 0 Å². The Morgan fingerprint density at radius 2 is 1.29 bits per heavy atom. The largest absolute Gasteiger partial charge is 0.507 e. The van der Waals surface area contributed by atoms with Crippen molar-refractivity contribution in [1.29, 1.82) is 0 Å². The van der Waals surface area contributed by atoms with Crippen molar-refractivity contribution in [2.75, 3.05) is 54.4 Å². The van der Waals surface area contributed by atoms with E-state index in [9.17, 15) is 5.11 Å². The van der Waals surface area contributed by atoms with Gasteiger partial charge in [0.15, 0.2) is 0 Å². The van der Waals surface area contributed by atoms with Gasteiger partial charge < -0.3 is 25.5 Å². The number of phenols is 1. The number of para-hydroxylation sites is 1. The highest BCUT2D eigenvalue weighted by Gasteiger charge is 2.06. The standard InChI is InChI=1S/C16H30N4O/c1-19(2)10-8-17-12-14-6-5-7-15(16(14)21)13-18-9-11-20(3)4/h5-7,17-18,21H,8-13H2,1-4H3. The zero-order chi connectivity index (χ0) is 15.7. The Labute approximate surface area is 128 Å². The number of nitrogens with one attached hydrogen (secondary N) is 2. The zero-order valence-electron chi connectivity index (χ0n) is 13.8. The minimum Gasteiger partial charge on any atom is -0.507 e. The quantitative estimate of drug-likeness (QED) is 0.555. The maximum absolute atomic E-state index is 10.3. The van der Waals surface area contributed by atoms with Crippen LogP contribution < -0.4 is 10.6 Å². The van der Waals surface area contributed by atoms with Crippen molar-refractivity contribution in [3.8, 4) is 5.75 Å². The molecule has 0 heterocycles. The SMILES string of the molecule is CN(C)CCNCc1cccc(CNCCN(C)C)c1O. The van der Waals surface area contributed by atoms with Crippen LogP contribution in [0.3, 0.4) is 0 Å². The fourth-order valence-electron chi connectivity index (χ4n) is 1.98. The van der Waals surface area contributed by atoms with Crippen LogP contribution in [0.25, 0.3) is 0 Å². The highest BCUT2D eigenvalue weighted by molar-refractivity contribution is 5.40. The molecular weight excluding hydrogens is 264 g/mol. The monoisotopic (exact) mass is 294 g/mol. The van der Waals surface area contributed by atoms with E-state index < -0.39 is 0 Å². The van der Waals surface area contributed by atoms with Gasteiger partial charge in [0.2, 0.25) is 0 Å². The summed E-state index contributed by atoms with van der Waals surface area (Å²) in [4.78, 5) is 4.27. The molecule has 5 heteroatoms. The van der Waals surface area contributed by atoms with Crippen LogP contribution in [-0.4, -0.2) is 69.3 Å². The Morgan fingerprint density at radius 3 is 1.67 bits per heavy atom. The maximum Gasteiger partial charge on any atom is 0.124 e. The van der Waals surface area contributed by atoms with Crippen LogP contribution in [0.2, 0.25) is 0 Å². The Morgan fingerprint density at radius 1 is 0.857 bits per heavy atom. The predicted molar refractivity (Wildman–Crippen MR) is 88.6 cm³/mol. The number of phenolic OH excluding ortho intramolecular Hbond substituents is 1. The van der Waals surface area contributed by atoms with Crippen LogP contribution >= 0.6 is 0 Å². The van der Waals surface area contributed by atoms with Crippen LogP contribution in [0, 0.1) is 0 Å². The van der Waals surface area contributed by atoms with Gasteiger partial charge in [0, 0.05) is 50.4 Å². The summed E-state index contributed by atoms with van der Waals surface area (Å²) >= 11 is 0. The second kappa shape index (κ2) is 9.73. The molecule has 0 saturated heterocycles. The summed E-state index contributed by atoms with van der Waals surface area (Å²) in [7, 11) is 8.22. The van der Waals surface area contributed by atoms with Gasteiger partial charge in [0.25, 0.3) is 0 Å². The summed E-state index contributed by atoms with van der Waals surface area (Å²) in [6.07, 6.45) is 0. The smallest absolute Gasteiger partial charge is 0.124 e. The number of aromatic hydroxyl groups is 1. The molecule has 0 atom stereocenters. The van der Waals surface area contributed by atoms with Crippen molar-refractivity contribution in [3.63, 3.8) is 0 Å². The average Bonchev–Trinajstić information content (AvgIpc) is 2.42. The fraction of sp³-hybridized carbons (Fsp3) is 0.625. The topological polar surface area (TPSA) is 50.8 Å². The van der Waals surface area contributed by atoms with Gasteiger partial charge in [0.1, 0.15) is 5.75 Å². The Kier molecular flexibility index (Phi) is 8.30. The number of likely N-dealkylation sites (N-methyl/N-ethyl adjacent to an activating group) is 2. The molecule has 1 rings (SSSR count). The lowest BCUT2D eigenvalue weighted by Crippen LogP contribution is -2.27. The summed E-state index contributed by atoms with van der Waals surface area (Å²) in [5.41, 5.74) is 1.92. The van der Waals surface area contributed by atoms with Crippen LogP contribution in [0.5, 0.6) is 5.75 Å². The van der Waals surface area contributed by atoms with E-state index in [0.29, 0.717) is 18.8 Å². The van der Waals surface area contributed by atoms with Gasteiger partial charge in [-0.2, -0.15) is 0 Å². The predicted octanol–water partition coefficient (Wildman–Crippen LogP) is 0.695. The lowest BCUT2D eigenvalue weighted by atomic mass is 10.1. The normalized spacial score (nSPS) is 11.5. The molecule has 0 radical (unpaired) electrons. The molecule has 0 aromatic heterocycles. The van der Waals surface area contributed by atoms with Crippen molar-refractivity contribution in [2.45, 2.75) is 13.1 Å². The molecule has 0 aliphatic heterocycles. The summed E-state index contributed by atoms with van der Waals surface area (Å²) in [5, 5.41) is 17.0. The maximum atomic E-state index is 10.3. The fourth-order valence-corrected chi connectivity index (χ4v) is 1.98. The lowest BCUT2D eigenvalue weighted by molar-refractivity contribution is 0.395. The van der Waals surface area contributed by atoms with E-state index >= 15 is 0 Å². The van der Waals surface area contributed by atoms with Crippen LogP contribution in [0.4, 0.5) is 0 Å². The van der Waals surface area contributed by atoms with E-state index in [1.807, 2.05) is 18.2 Å². The molecule has 120 valence electrons. The second-order valence-electron chi connectivity index (χ2n) is 5.88. The highest BCUT2D eigenvalue weighted by atomic mass is 16.3. The van der Waals surface area contributed by atoms with Gasteiger partial charge in [-0.05, 0) is 28.2 Å². The van der Waals surface area contributed by atoms with E-state index in [1.54, 1.807) is 0 Å². The molecule has 5 nitrogen and oxygen atoms in total. The van der Waals surface area contributed by atoms with Gasteiger partial charge in [0.05, 0.1) is 0 Å². The molecule has 3 N–H and O–H groups in total. The molecule has 0 bridgehead atoms. The number of nitrogens with zero attached hydrogens (tertiary/aromatic N) is 2. The number of rotatable bonds is 10. The van der Waals surface area contributed by atoms with E-state index in [0.717, 1.165) is 37.3 Å². The molecule has 0 saturated carbocycles. The van der Waals surface area contributed by atoms with Crippen molar-refractivity contribution in [3.05, 3.63) is 29.3 Å². The third-order valence-electron chi connectivity index (χ3n) is 3.31.